The van der Waals surface area contributed by atoms with Gasteiger partial charge < -0.3 is 0 Å². The lowest BCUT2D eigenvalue weighted by Gasteiger charge is -2.07. The van der Waals surface area contributed by atoms with Crippen molar-refractivity contribution in [1.29, 1.82) is 0 Å². The number of benzene rings is 4. The number of halogens is 2. The highest BCUT2D eigenvalue weighted by molar-refractivity contribution is 9.10. The Kier molecular flexibility index (Phi) is 3.82. The molecule has 0 aliphatic heterocycles. The van der Waals surface area contributed by atoms with Crippen LogP contribution in [0.15, 0.2) is 77.3 Å². The Morgan fingerprint density at radius 1 is 0.643 bits per heavy atom. The summed E-state index contributed by atoms with van der Waals surface area (Å²) < 4.78 is 6.21. The summed E-state index contributed by atoms with van der Waals surface area (Å²) in [6.45, 7) is 0. The number of rotatable bonds is 1. The van der Waals surface area contributed by atoms with Crippen LogP contribution in [0.5, 0.6) is 0 Å². The molecule has 6 rings (SSSR count). The highest BCUT2D eigenvalue weighted by Crippen LogP contribution is 2.46. The molecule has 2 aromatic heterocycles. The van der Waals surface area contributed by atoms with Crippen LogP contribution in [0.25, 0.3) is 51.5 Å². The molecule has 0 nitrogen and oxygen atoms in total. The second-order valence-electron chi connectivity index (χ2n) is 6.82. The van der Waals surface area contributed by atoms with Gasteiger partial charge in [-0.2, -0.15) is 0 Å². The fraction of sp³-hybridized carbons (Fsp3) is 0. The summed E-state index contributed by atoms with van der Waals surface area (Å²) in [5.74, 6) is 0. The van der Waals surface area contributed by atoms with Crippen LogP contribution >= 0.6 is 50.2 Å². The lowest BCUT2D eigenvalue weighted by atomic mass is 9.98. The van der Waals surface area contributed by atoms with Gasteiger partial charge in [-0.15, -0.1) is 22.7 Å². The molecule has 4 aromatic carbocycles. The van der Waals surface area contributed by atoms with Crippen LogP contribution in [0.4, 0.5) is 0 Å². The van der Waals surface area contributed by atoms with Gasteiger partial charge in [0, 0.05) is 45.7 Å². The molecular weight excluding hydrogens is 468 g/mol. The maximum Gasteiger partial charge on any atom is 0.0584 e. The van der Waals surface area contributed by atoms with Gasteiger partial charge in [0.15, 0.2) is 0 Å². The van der Waals surface area contributed by atoms with Gasteiger partial charge in [0.1, 0.15) is 0 Å². The molecule has 0 bridgehead atoms. The Labute approximate surface area is 183 Å². The Balaban J connectivity index is 1.78. The van der Waals surface area contributed by atoms with Crippen LogP contribution in [0.3, 0.4) is 0 Å². The van der Waals surface area contributed by atoms with Gasteiger partial charge in [0.05, 0.1) is 9.72 Å². The fourth-order valence-corrected chi connectivity index (χ4v) is 7.02. The van der Waals surface area contributed by atoms with Gasteiger partial charge in [0.25, 0.3) is 0 Å². The second-order valence-corrected chi connectivity index (χ2v) is 10.2. The Morgan fingerprint density at radius 3 is 2.29 bits per heavy atom. The summed E-state index contributed by atoms with van der Waals surface area (Å²) >= 11 is 13.8. The van der Waals surface area contributed by atoms with E-state index in [1.807, 2.05) is 23.5 Å². The lowest BCUT2D eigenvalue weighted by molar-refractivity contribution is 1.75. The number of fused-ring (bicyclic) bond motifs is 6. The Bertz CT molecular complexity index is 1540. The third-order valence-corrected chi connectivity index (χ3v) is 8.57. The molecule has 0 unspecified atom stereocenters. The van der Waals surface area contributed by atoms with Gasteiger partial charge in [-0.05, 0) is 35.9 Å². The van der Waals surface area contributed by atoms with Crippen LogP contribution in [0, 0.1) is 0 Å². The van der Waals surface area contributed by atoms with Crippen molar-refractivity contribution in [1.82, 2.24) is 0 Å². The quantitative estimate of drug-likeness (QED) is 0.220. The van der Waals surface area contributed by atoms with Gasteiger partial charge in [-0.1, -0.05) is 70.0 Å². The minimum Gasteiger partial charge on any atom is -0.135 e. The van der Waals surface area contributed by atoms with Crippen molar-refractivity contribution in [2.45, 2.75) is 0 Å². The molecule has 134 valence electrons. The molecule has 0 aliphatic carbocycles. The van der Waals surface area contributed by atoms with Gasteiger partial charge in [0.2, 0.25) is 0 Å². The number of thiophene rings is 2. The zero-order valence-electron chi connectivity index (χ0n) is 14.5. The average Bonchev–Trinajstić information content (AvgIpc) is 3.27. The summed E-state index contributed by atoms with van der Waals surface area (Å²) in [5.41, 5.74) is 2.56. The first-order valence-corrected chi connectivity index (χ1v) is 11.7. The molecule has 0 saturated carbocycles. The summed E-state index contributed by atoms with van der Waals surface area (Å²) in [6, 6.07) is 26.0. The third-order valence-electron chi connectivity index (χ3n) is 5.22. The van der Waals surface area contributed by atoms with Crippen molar-refractivity contribution in [2.75, 3.05) is 0 Å². The predicted molar refractivity (Wildman–Crippen MR) is 130 cm³/mol. The topological polar surface area (TPSA) is 0 Å². The van der Waals surface area contributed by atoms with E-state index in [-0.39, 0.29) is 0 Å². The maximum atomic E-state index is 6.51. The van der Waals surface area contributed by atoms with Crippen molar-refractivity contribution < 1.29 is 0 Å². The molecule has 0 aliphatic rings. The highest BCUT2D eigenvalue weighted by atomic mass is 79.9. The molecule has 0 saturated heterocycles. The first-order valence-electron chi connectivity index (χ1n) is 8.91. The van der Waals surface area contributed by atoms with Crippen molar-refractivity contribution in [3.63, 3.8) is 0 Å². The normalized spacial score (nSPS) is 11.9. The summed E-state index contributed by atoms with van der Waals surface area (Å²) in [4.78, 5) is 0. The third kappa shape index (κ3) is 2.40. The second kappa shape index (κ2) is 6.30. The molecule has 4 heteroatoms. The fourth-order valence-electron chi connectivity index (χ4n) is 4.02. The van der Waals surface area contributed by atoms with E-state index >= 15 is 0 Å². The van der Waals surface area contributed by atoms with Crippen LogP contribution in [-0.4, -0.2) is 0 Å². The molecule has 0 fully saturated rings. The molecule has 6 aromatic rings. The SMILES string of the molecule is Clc1cccc2c1sc1c(-c3cccc4sc5ccc(Br)cc5c34)cccc12. The molecule has 0 radical (unpaired) electrons. The van der Waals surface area contributed by atoms with E-state index in [9.17, 15) is 0 Å². The van der Waals surface area contributed by atoms with E-state index in [0.29, 0.717) is 0 Å². The van der Waals surface area contributed by atoms with E-state index in [4.69, 9.17) is 11.6 Å². The zero-order chi connectivity index (χ0) is 18.8. The van der Waals surface area contributed by atoms with Crippen molar-refractivity contribution in [3.05, 3.63) is 82.3 Å². The van der Waals surface area contributed by atoms with E-state index in [1.54, 1.807) is 11.3 Å². The van der Waals surface area contributed by atoms with E-state index < -0.39 is 0 Å². The van der Waals surface area contributed by atoms with Crippen LogP contribution < -0.4 is 0 Å². The van der Waals surface area contributed by atoms with Crippen molar-refractivity contribution >= 4 is 90.5 Å². The monoisotopic (exact) mass is 478 g/mol. The first-order chi connectivity index (χ1) is 13.7. The first kappa shape index (κ1) is 17.0. The Hall–Kier alpha value is -1.91. The molecule has 28 heavy (non-hydrogen) atoms. The molecule has 0 atom stereocenters. The summed E-state index contributed by atoms with van der Waals surface area (Å²) in [5, 5.41) is 5.98. The van der Waals surface area contributed by atoms with Crippen molar-refractivity contribution in [3.8, 4) is 11.1 Å². The minimum absolute atomic E-state index is 0.827. The maximum absolute atomic E-state index is 6.51. The van der Waals surface area contributed by atoms with Gasteiger partial charge >= 0.3 is 0 Å². The average molecular weight is 480 g/mol. The zero-order valence-corrected chi connectivity index (χ0v) is 18.5. The van der Waals surface area contributed by atoms with Gasteiger partial charge in [-0.25, -0.2) is 0 Å². The predicted octanol–water partition coefficient (Wildman–Crippen LogP) is 9.51. The minimum atomic E-state index is 0.827. The van der Waals surface area contributed by atoms with Crippen LogP contribution in [0.1, 0.15) is 0 Å². The molecule has 2 heterocycles. The largest absolute Gasteiger partial charge is 0.135 e. The highest BCUT2D eigenvalue weighted by Gasteiger charge is 2.16. The molecule has 0 N–H and O–H groups in total. The summed E-state index contributed by atoms with van der Waals surface area (Å²) in [6.07, 6.45) is 0. The van der Waals surface area contributed by atoms with Gasteiger partial charge in [-0.3, -0.25) is 0 Å². The smallest absolute Gasteiger partial charge is 0.0584 e. The van der Waals surface area contributed by atoms with E-state index in [2.05, 4.69) is 76.6 Å². The molecular formula is C24H12BrClS2. The summed E-state index contributed by atoms with van der Waals surface area (Å²) in [7, 11) is 0. The van der Waals surface area contributed by atoms with E-state index in [1.165, 1.54) is 46.8 Å². The number of hydrogen-bond donors (Lipinski definition) is 0. The van der Waals surface area contributed by atoms with Crippen LogP contribution in [0.2, 0.25) is 5.02 Å². The Morgan fingerprint density at radius 2 is 1.39 bits per heavy atom. The lowest BCUT2D eigenvalue weighted by Crippen LogP contribution is -1.80. The number of hydrogen-bond acceptors (Lipinski definition) is 2. The van der Waals surface area contributed by atoms with Crippen LogP contribution in [-0.2, 0) is 0 Å². The standard InChI is InChI=1S/C24H12BrClS2/c25-13-10-11-20-18(12-13)22-14(4-3-9-21(22)27-20)15-5-1-6-16-17-7-2-8-19(26)24(17)28-23(15)16/h1-12H. The van der Waals surface area contributed by atoms with Crippen molar-refractivity contribution in [2.24, 2.45) is 0 Å². The molecule has 0 spiro atoms. The molecule has 0 amide bonds. The van der Waals surface area contributed by atoms with E-state index in [0.717, 1.165) is 14.2 Å².